The van der Waals surface area contributed by atoms with E-state index in [4.69, 9.17) is 0 Å². The molecule has 104 valence electrons. The van der Waals surface area contributed by atoms with Crippen LogP contribution in [0.1, 0.15) is 30.7 Å². The second-order valence-corrected chi connectivity index (χ2v) is 5.76. The van der Waals surface area contributed by atoms with Crippen molar-refractivity contribution in [3.63, 3.8) is 0 Å². The van der Waals surface area contributed by atoms with Crippen molar-refractivity contribution in [1.29, 1.82) is 0 Å². The van der Waals surface area contributed by atoms with Crippen LogP contribution in [0.25, 0.3) is 11.1 Å². The first-order chi connectivity index (χ1) is 9.40. The highest BCUT2D eigenvalue weighted by atomic mass is 35.5. The fourth-order valence-electron chi connectivity index (χ4n) is 3.64. The van der Waals surface area contributed by atoms with Gasteiger partial charge in [-0.3, -0.25) is 4.98 Å². The van der Waals surface area contributed by atoms with Gasteiger partial charge in [0.05, 0.1) is 0 Å². The number of pyridine rings is 1. The van der Waals surface area contributed by atoms with Crippen LogP contribution in [0.5, 0.6) is 0 Å². The Morgan fingerprint density at radius 2 is 1.85 bits per heavy atom. The number of hydrogen-bond acceptors (Lipinski definition) is 2. The van der Waals surface area contributed by atoms with Crippen molar-refractivity contribution in [2.75, 3.05) is 0 Å². The monoisotopic (exact) mass is 286 g/mol. The summed E-state index contributed by atoms with van der Waals surface area (Å²) < 4.78 is 0. The topological polar surface area (TPSA) is 24.9 Å². The molecule has 4 rings (SSSR count). The van der Waals surface area contributed by atoms with Gasteiger partial charge in [-0.2, -0.15) is 0 Å². The minimum absolute atomic E-state index is 0. The number of nitrogens with one attached hydrogen (secondary N) is 1. The summed E-state index contributed by atoms with van der Waals surface area (Å²) in [5.74, 6) is 0.662. The van der Waals surface area contributed by atoms with Gasteiger partial charge in [0.25, 0.3) is 0 Å². The molecule has 0 radical (unpaired) electrons. The molecule has 2 aromatic rings. The van der Waals surface area contributed by atoms with Gasteiger partial charge in [0.1, 0.15) is 0 Å². The molecule has 3 heteroatoms. The first-order valence-corrected chi connectivity index (χ1v) is 7.16. The predicted octanol–water partition coefficient (Wildman–Crippen LogP) is 3.78. The number of fused-ring (bicyclic) bond motifs is 2. The van der Waals surface area contributed by atoms with E-state index in [0.29, 0.717) is 12.0 Å². The summed E-state index contributed by atoms with van der Waals surface area (Å²) >= 11 is 0. The SMILES string of the molecule is Cl.c1ccc(-c2cncc(C3CC4CCC3N4)c2)cc1. The van der Waals surface area contributed by atoms with Crippen molar-refractivity contribution in [3.05, 3.63) is 54.4 Å². The van der Waals surface area contributed by atoms with Gasteiger partial charge >= 0.3 is 0 Å². The molecule has 1 N–H and O–H groups in total. The van der Waals surface area contributed by atoms with E-state index in [1.54, 1.807) is 0 Å². The van der Waals surface area contributed by atoms with Crippen molar-refractivity contribution in [2.24, 2.45) is 0 Å². The van der Waals surface area contributed by atoms with E-state index in [2.05, 4.69) is 52.9 Å². The second-order valence-electron chi connectivity index (χ2n) is 5.76. The molecule has 0 saturated carbocycles. The third kappa shape index (κ3) is 2.34. The van der Waals surface area contributed by atoms with Crippen LogP contribution in [0.3, 0.4) is 0 Å². The number of benzene rings is 1. The minimum atomic E-state index is 0. The van der Waals surface area contributed by atoms with Crippen LogP contribution in [-0.2, 0) is 0 Å². The van der Waals surface area contributed by atoms with Gasteiger partial charge in [0.15, 0.2) is 0 Å². The molecule has 1 aromatic carbocycles. The standard InChI is InChI=1S/C17H18N2.ClH/c1-2-4-12(5-3-1)13-8-14(11-18-10-13)16-9-15-6-7-17(16)19-15;/h1-5,8,10-11,15-17,19H,6-7,9H2;1H. The lowest BCUT2D eigenvalue weighted by atomic mass is 9.84. The molecule has 2 aliphatic rings. The lowest BCUT2D eigenvalue weighted by Gasteiger charge is -2.20. The van der Waals surface area contributed by atoms with Crippen LogP contribution < -0.4 is 5.32 Å². The Morgan fingerprint density at radius 1 is 1.00 bits per heavy atom. The molecule has 0 aliphatic carbocycles. The van der Waals surface area contributed by atoms with Crippen molar-refractivity contribution in [3.8, 4) is 11.1 Å². The van der Waals surface area contributed by atoms with E-state index < -0.39 is 0 Å². The normalized spacial score (nSPS) is 27.3. The van der Waals surface area contributed by atoms with Crippen LogP contribution in [-0.4, -0.2) is 17.1 Å². The third-order valence-electron chi connectivity index (χ3n) is 4.59. The van der Waals surface area contributed by atoms with Gasteiger partial charge in [-0.1, -0.05) is 30.3 Å². The first-order valence-electron chi connectivity index (χ1n) is 7.16. The molecule has 3 atom stereocenters. The van der Waals surface area contributed by atoms with E-state index in [9.17, 15) is 0 Å². The van der Waals surface area contributed by atoms with Crippen LogP contribution >= 0.6 is 12.4 Å². The Balaban J connectivity index is 0.00000121. The highest BCUT2D eigenvalue weighted by molar-refractivity contribution is 5.85. The largest absolute Gasteiger partial charge is 0.311 e. The van der Waals surface area contributed by atoms with Crippen LogP contribution in [0.15, 0.2) is 48.8 Å². The van der Waals surface area contributed by atoms with Gasteiger partial charge < -0.3 is 5.32 Å². The molecule has 3 unspecified atom stereocenters. The number of rotatable bonds is 2. The third-order valence-corrected chi connectivity index (χ3v) is 4.59. The highest BCUT2D eigenvalue weighted by Gasteiger charge is 2.39. The maximum absolute atomic E-state index is 4.46. The van der Waals surface area contributed by atoms with Gasteiger partial charge in [0.2, 0.25) is 0 Å². The van der Waals surface area contributed by atoms with E-state index in [-0.39, 0.29) is 12.4 Å². The van der Waals surface area contributed by atoms with Crippen LogP contribution in [0.4, 0.5) is 0 Å². The lowest BCUT2D eigenvalue weighted by Crippen LogP contribution is -2.21. The van der Waals surface area contributed by atoms with Crippen LogP contribution in [0, 0.1) is 0 Å². The van der Waals surface area contributed by atoms with Crippen LogP contribution in [0.2, 0.25) is 0 Å². The quantitative estimate of drug-likeness (QED) is 0.909. The zero-order valence-electron chi connectivity index (χ0n) is 11.3. The first kappa shape index (κ1) is 13.6. The fourth-order valence-corrected chi connectivity index (χ4v) is 3.64. The Hall–Kier alpha value is -1.38. The van der Waals surface area contributed by atoms with Gasteiger partial charge in [-0.25, -0.2) is 0 Å². The molecular formula is C17H19ClN2. The smallest absolute Gasteiger partial charge is 0.0346 e. The average molecular weight is 287 g/mol. The summed E-state index contributed by atoms with van der Waals surface area (Å²) in [6.45, 7) is 0. The van der Waals surface area contributed by atoms with E-state index in [0.717, 1.165) is 6.04 Å². The number of nitrogens with zero attached hydrogens (tertiary/aromatic N) is 1. The molecule has 0 spiro atoms. The Bertz CT molecular complexity index is 585. The lowest BCUT2D eigenvalue weighted by molar-refractivity contribution is 0.505. The average Bonchev–Trinajstić information content (AvgIpc) is 3.11. The predicted molar refractivity (Wildman–Crippen MR) is 84.2 cm³/mol. The minimum Gasteiger partial charge on any atom is -0.311 e. The summed E-state index contributed by atoms with van der Waals surface area (Å²) in [7, 11) is 0. The van der Waals surface area contributed by atoms with Crippen molar-refractivity contribution in [2.45, 2.75) is 37.3 Å². The summed E-state index contributed by atoms with van der Waals surface area (Å²) in [6, 6.07) is 14.3. The maximum Gasteiger partial charge on any atom is 0.0346 e. The Kier molecular flexibility index (Phi) is 3.77. The fraction of sp³-hybridized carbons (Fsp3) is 0.353. The number of hydrogen-bond donors (Lipinski definition) is 1. The van der Waals surface area contributed by atoms with Crippen molar-refractivity contribution >= 4 is 12.4 Å². The highest BCUT2D eigenvalue weighted by Crippen LogP contribution is 2.40. The molecule has 2 saturated heterocycles. The Morgan fingerprint density at radius 3 is 2.55 bits per heavy atom. The Labute approximate surface area is 126 Å². The molecule has 1 aromatic heterocycles. The van der Waals surface area contributed by atoms with Gasteiger partial charge in [-0.15, -0.1) is 12.4 Å². The summed E-state index contributed by atoms with van der Waals surface area (Å²) in [4.78, 5) is 4.46. The molecule has 20 heavy (non-hydrogen) atoms. The maximum atomic E-state index is 4.46. The number of aromatic nitrogens is 1. The summed E-state index contributed by atoms with van der Waals surface area (Å²) in [6.07, 6.45) is 7.99. The van der Waals surface area contributed by atoms with Crippen molar-refractivity contribution < 1.29 is 0 Å². The molecule has 2 aliphatic heterocycles. The molecule has 0 amide bonds. The number of halogens is 1. The molecule has 2 nitrogen and oxygen atoms in total. The zero-order chi connectivity index (χ0) is 12.7. The van der Waals surface area contributed by atoms with Crippen molar-refractivity contribution in [1.82, 2.24) is 10.3 Å². The van der Waals surface area contributed by atoms with E-state index in [1.807, 2.05) is 6.20 Å². The van der Waals surface area contributed by atoms with Gasteiger partial charge in [-0.05, 0) is 36.5 Å². The van der Waals surface area contributed by atoms with Gasteiger partial charge in [0, 0.05) is 36.0 Å². The molecular weight excluding hydrogens is 268 g/mol. The zero-order valence-corrected chi connectivity index (χ0v) is 12.1. The van der Waals surface area contributed by atoms with E-state index in [1.165, 1.54) is 36.0 Å². The molecule has 3 heterocycles. The molecule has 2 bridgehead atoms. The summed E-state index contributed by atoms with van der Waals surface area (Å²) in [5, 5.41) is 3.71. The molecule has 2 fully saturated rings. The van der Waals surface area contributed by atoms with E-state index >= 15 is 0 Å². The summed E-state index contributed by atoms with van der Waals surface area (Å²) in [5.41, 5.74) is 3.90. The second kappa shape index (κ2) is 5.55.